The lowest BCUT2D eigenvalue weighted by molar-refractivity contribution is -0.116. The minimum atomic E-state index is -0.453. The van der Waals surface area contributed by atoms with Crippen LogP contribution in [0, 0.1) is 0 Å². The number of hydrogen-bond donors (Lipinski definition) is 4. The van der Waals surface area contributed by atoms with Crippen LogP contribution >= 0.6 is 0 Å². The highest BCUT2D eigenvalue weighted by atomic mass is 16.5. The van der Waals surface area contributed by atoms with Crippen LogP contribution in [0.15, 0.2) is 48.5 Å². The van der Waals surface area contributed by atoms with Crippen molar-refractivity contribution in [1.29, 1.82) is 0 Å². The third-order valence-corrected chi connectivity index (χ3v) is 5.90. The maximum absolute atomic E-state index is 12.3. The molecule has 0 unspecified atom stereocenters. The van der Waals surface area contributed by atoms with Crippen LogP contribution in [-0.4, -0.2) is 71.9 Å². The van der Waals surface area contributed by atoms with Gasteiger partial charge in [0.25, 0.3) is 0 Å². The molecule has 2 aromatic carbocycles. The molecule has 3 heterocycles. The van der Waals surface area contributed by atoms with Crippen LogP contribution in [0.3, 0.4) is 0 Å². The zero-order valence-corrected chi connectivity index (χ0v) is 19.1. The molecule has 10 heteroatoms. The molecule has 180 valence electrons. The first kappa shape index (κ1) is 22.8. The fourth-order valence-corrected chi connectivity index (χ4v) is 4.14. The minimum Gasteiger partial charge on any atom is -0.494 e. The van der Waals surface area contributed by atoms with Gasteiger partial charge in [0.05, 0.1) is 49.2 Å². The van der Waals surface area contributed by atoms with Gasteiger partial charge < -0.3 is 24.9 Å². The number of carbonyl (C=O) groups is 2. The van der Waals surface area contributed by atoms with Crippen molar-refractivity contribution in [1.82, 2.24) is 20.4 Å². The Morgan fingerprint density at radius 3 is 2.77 bits per heavy atom. The van der Waals surface area contributed by atoms with E-state index in [1.807, 2.05) is 29.3 Å². The molecule has 0 atom stereocenters. The lowest BCUT2D eigenvalue weighted by Gasteiger charge is -2.26. The highest BCUT2D eigenvalue weighted by Gasteiger charge is 2.17. The second-order valence-corrected chi connectivity index (χ2v) is 8.19. The van der Waals surface area contributed by atoms with Crippen molar-refractivity contribution < 1.29 is 24.2 Å². The van der Waals surface area contributed by atoms with Gasteiger partial charge in [0.2, 0.25) is 5.91 Å². The first-order valence-corrected chi connectivity index (χ1v) is 11.2. The Balaban J connectivity index is 1.34. The molecule has 0 aliphatic carbocycles. The number of benzene rings is 2. The van der Waals surface area contributed by atoms with Gasteiger partial charge in [0, 0.05) is 35.1 Å². The molecule has 10 nitrogen and oxygen atoms in total. The number of rotatable bonds is 6. The molecule has 1 aliphatic heterocycles. The summed E-state index contributed by atoms with van der Waals surface area (Å²) in [5.41, 5.74) is 6.61. The number of methoxy groups -OCH3 is 1. The number of aromatic nitrogens is 2. The number of anilines is 1. The predicted octanol–water partition coefficient (Wildman–Crippen LogP) is 2.65. The van der Waals surface area contributed by atoms with Crippen molar-refractivity contribution in [2.75, 3.05) is 45.3 Å². The van der Waals surface area contributed by atoms with Crippen LogP contribution in [0.5, 0.6) is 5.88 Å². The maximum atomic E-state index is 12.3. The lowest BCUT2D eigenvalue weighted by atomic mass is 10.1. The zero-order chi connectivity index (χ0) is 24.4. The summed E-state index contributed by atoms with van der Waals surface area (Å²) in [6.45, 7) is 2.97. The Morgan fingerprint density at radius 2 is 1.97 bits per heavy atom. The number of fused-ring (bicyclic) bond motifs is 2. The van der Waals surface area contributed by atoms with Gasteiger partial charge in [-0.3, -0.25) is 4.79 Å². The Labute approximate surface area is 200 Å². The van der Waals surface area contributed by atoms with Crippen LogP contribution in [-0.2, 0) is 14.3 Å². The monoisotopic (exact) mass is 475 g/mol. The zero-order valence-electron chi connectivity index (χ0n) is 19.1. The fourth-order valence-electron chi connectivity index (χ4n) is 4.14. The third-order valence-electron chi connectivity index (χ3n) is 5.90. The fraction of sp³-hybridized carbons (Fsp3) is 0.240. The van der Waals surface area contributed by atoms with Crippen LogP contribution in [0.1, 0.15) is 10.4 Å². The van der Waals surface area contributed by atoms with E-state index in [1.165, 1.54) is 7.11 Å². The number of H-pyrrole nitrogens is 1. The maximum Gasteiger partial charge on any atom is 0.337 e. The normalized spacial score (nSPS) is 14.3. The molecule has 1 fully saturated rings. The van der Waals surface area contributed by atoms with E-state index < -0.39 is 5.97 Å². The number of ether oxygens (including phenoxy) is 2. The summed E-state index contributed by atoms with van der Waals surface area (Å²) in [7, 11) is 1.32. The van der Waals surface area contributed by atoms with Gasteiger partial charge in [-0.05, 0) is 36.4 Å². The summed E-state index contributed by atoms with van der Waals surface area (Å²) in [6, 6.07) is 14.2. The summed E-state index contributed by atoms with van der Waals surface area (Å²) in [5, 5.41) is 17.0. The number of morpholine rings is 1. The van der Waals surface area contributed by atoms with E-state index in [1.54, 1.807) is 24.3 Å². The molecule has 1 aliphatic rings. The second-order valence-electron chi connectivity index (χ2n) is 8.19. The largest absolute Gasteiger partial charge is 0.494 e. The number of hydrazine groups is 1. The summed E-state index contributed by atoms with van der Waals surface area (Å²) in [6.07, 6.45) is 0. The molecule has 4 N–H and O–H groups in total. The van der Waals surface area contributed by atoms with E-state index in [4.69, 9.17) is 14.5 Å². The highest BCUT2D eigenvalue weighted by Crippen LogP contribution is 2.37. The molecular formula is C25H25N5O5. The smallest absolute Gasteiger partial charge is 0.337 e. The van der Waals surface area contributed by atoms with E-state index in [0.717, 1.165) is 23.9 Å². The Kier molecular flexibility index (Phi) is 6.32. The van der Waals surface area contributed by atoms with Crippen LogP contribution in [0.4, 0.5) is 5.69 Å². The van der Waals surface area contributed by atoms with Gasteiger partial charge in [0.15, 0.2) is 5.88 Å². The van der Waals surface area contributed by atoms with Gasteiger partial charge in [-0.25, -0.2) is 20.2 Å². The number of carbonyl (C=O) groups excluding carboxylic acids is 2. The van der Waals surface area contributed by atoms with Crippen molar-refractivity contribution in [3.63, 3.8) is 0 Å². The van der Waals surface area contributed by atoms with Gasteiger partial charge in [-0.2, -0.15) is 0 Å². The van der Waals surface area contributed by atoms with Crippen molar-refractivity contribution in [3.05, 3.63) is 54.1 Å². The molecule has 0 saturated carbocycles. The number of hydrogen-bond acceptors (Lipinski definition) is 8. The van der Waals surface area contributed by atoms with E-state index in [-0.39, 0.29) is 18.3 Å². The quantitative estimate of drug-likeness (QED) is 0.313. The molecule has 2 aromatic heterocycles. The number of nitrogens with one attached hydrogen (secondary N) is 3. The van der Waals surface area contributed by atoms with Crippen LogP contribution in [0.2, 0.25) is 0 Å². The van der Waals surface area contributed by atoms with Crippen molar-refractivity contribution in [3.8, 4) is 17.1 Å². The number of aromatic hydroxyl groups is 1. The summed E-state index contributed by atoms with van der Waals surface area (Å²) in [4.78, 5) is 31.8. The second kappa shape index (κ2) is 9.71. The Bertz CT molecular complexity index is 1410. The molecule has 0 bridgehead atoms. The molecule has 0 spiro atoms. The summed E-state index contributed by atoms with van der Waals surface area (Å²) < 4.78 is 10.1. The Morgan fingerprint density at radius 1 is 1.14 bits per heavy atom. The molecule has 1 saturated heterocycles. The summed E-state index contributed by atoms with van der Waals surface area (Å²) in [5.74, 6) is -0.632. The molecular weight excluding hydrogens is 450 g/mol. The van der Waals surface area contributed by atoms with Gasteiger partial charge in [-0.15, -0.1) is 0 Å². The number of amides is 1. The highest BCUT2D eigenvalue weighted by molar-refractivity contribution is 6.03. The van der Waals surface area contributed by atoms with E-state index in [2.05, 4.69) is 15.7 Å². The average molecular weight is 476 g/mol. The van der Waals surface area contributed by atoms with Gasteiger partial charge in [-0.1, -0.05) is 12.1 Å². The van der Waals surface area contributed by atoms with Crippen LogP contribution < -0.4 is 10.7 Å². The molecule has 0 radical (unpaired) electrons. The van der Waals surface area contributed by atoms with E-state index in [0.29, 0.717) is 46.8 Å². The standard InChI is InChI=1S/C25H25N5O5/c1-34-25(33)16-2-5-18-21(13-16)29-24(32)23(18)20-6-3-15-12-17(4-7-19(15)28-20)27-22(31)14-26-30-8-10-35-11-9-30/h2-7,12-13,26,29,32H,8-11,14H2,1H3,(H,27,31). The predicted molar refractivity (Wildman–Crippen MR) is 131 cm³/mol. The third kappa shape index (κ3) is 4.80. The number of esters is 1. The SMILES string of the molecule is COC(=O)c1ccc2c(-c3ccc4cc(NC(=O)CNN5CCOCC5)ccc4n3)c(O)[nH]c2c1. The van der Waals surface area contributed by atoms with Crippen LogP contribution in [0.25, 0.3) is 33.1 Å². The first-order valence-electron chi connectivity index (χ1n) is 11.2. The van der Waals surface area contributed by atoms with E-state index >= 15 is 0 Å². The molecule has 35 heavy (non-hydrogen) atoms. The topological polar surface area (TPSA) is 129 Å². The van der Waals surface area contributed by atoms with Crippen molar-refractivity contribution in [2.45, 2.75) is 0 Å². The first-order chi connectivity index (χ1) is 17.0. The van der Waals surface area contributed by atoms with Crippen molar-refractivity contribution in [2.24, 2.45) is 0 Å². The number of pyridine rings is 1. The number of aromatic amines is 1. The van der Waals surface area contributed by atoms with Gasteiger partial charge in [0.1, 0.15) is 0 Å². The molecule has 4 aromatic rings. The lowest BCUT2D eigenvalue weighted by Crippen LogP contribution is -2.48. The molecule has 5 rings (SSSR count). The Hall–Kier alpha value is -3.99. The number of nitrogens with zero attached hydrogens (tertiary/aromatic N) is 2. The minimum absolute atomic E-state index is 0.0366. The molecule has 1 amide bonds. The van der Waals surface area contributed by atoms with Crippen molar-refractivity contribution >= 4 is 39.4 Å². The summed E-state index contributed by atoms with van der Waals surface area (Å²) >= 11 is 0. The average Bonchev–Trinajstić information content (AvgIpc) is 3.22. The van der Waals surface area contributed by atoms with E-state index in [9.17, 15) is 14.7 Å². The van der Waals surface area contributed by atoms with Gasteiger partial charge >= 0.3 is 5.97 Å².